The Hall–Kier alpha value is -1.59. The SMILES string of the molecule is C[C@H](NC(=O)CN1CCN(Cc2ccc(Cl)cc2Cl)CC1)c1ccccc1. The number of halogens is 2. The lowest BCUT2D eigenvalue weighted by atomic mass is 10.1. The summed E-state index contributed by atoms with van der Waals surface area (Å²) in [6.45, 7) is 6.84. The van der Waals surface area contributed by atoms with Crippen LogP contribution in [0.15, 0.2) is 48.5 Å². The van der Waals surface area contributed by atoms with Crippen LogP contribution in [0.25, 0.3) is 0 Å². The zero-order chi connectivity index (χ0) is 19.2. The fraction of sp³-hybridized carbons (Fsp3) is 0.381. The molecule has 0 aliphatic carbocycles. The summed E-state index contributed by atoms with van der Waals surface area (Å²) in [6.07, 6.45) is 0. The normalized spacial score (nSPS) is 16.9. The lowest BCUT2D eigenvalue weighted by molar-refractivity contribution is -0.123. The number of piperazine rings is 1. The minimum absolute atomic E-state index is 0.0204. The van der Waals surface area contributed by atoms with Crippen molar-refractivity contribution >= 4 is 29.1 Å². The molecular formula is C21H25Cl2N3O. The van der Waals surface area contributed by atoms with Gasteiger partial charge in [-0.1, -0.05) is 59.6 Å². The molecule has 0 saturated carbocycles. The van der Waals surface area contributed by atoms with Crippen molar-refractivity contribution in [3.8, 4) is 0 Å². The van der Waals surface area contributed by atoms with Crippen LogP contribution in [0.4, 0.5) is 0 Å². The number of carbonyl (C=O) groups excluding carboxylic acids is 1. The van der Waals surface area contributed by atoms with Crippen LogP contribution in [-0.4, -0.2) is 48.4 Å². The second-order valence-corrected chi connectivity index (χ2v) is 7.83. The Morgan fingerprint density at radius 3 is 2.37 bits per heavy atom. The van der Waals surface area contributed by atoms with E-state index >= 15 is 0 Å². The number of hydrogen-bond donors (Lipinski definition) is 1. The van der Waals surface area contributed by atoms with E-state index in [9.17, 15) is 4.79 Å². The highest BCUT2D eigenvalue weighted by Gasteiger charge is 2.20. The van der Waals surface area contributed by atoms with Crippen LogP contribution >= 0.6 is 23.2 Å². The van der Waals surface area contributed by atoms with Gasteiger partial charge in [-0.3, -0.25) is 14.6 Å². The fourth-order valence-electron chi connectivity index (χ4n) is 3.31. The fourth-order valence-corrected chi connectivity index (χ4v) is 3.78. The largest absolute Gasteiger partial charge is 0.348 e. The van der Waals surface area contributed by atoms with Crippen LogP contribution < -0.4 is 5.32 Å². The highest BCUT2D eigenvalue weighted by Crippen LogP contribution is 2.22. The molecule has 0 bridgehead atoms. The van der Waals surface area contributed by atoms with E-state index < -0.39 is 0 Å². The molecule has 0 aromatic heterocycles. The Bertz CT molecular complexity index is 761. The summed E-state index contributed by atoms with van der Waals surface area (Å²) in [5.74, 6) is 0.0700. The van der Waals surface area contributed by atoms with Gasteiger partial charge >= 0.3 is 0 Å². The van der Waals surface area contributed by atoms with Crippen molar-refractivity contribution in [2.45, 2.75) is 19.5 Å². The monoisotopic (exact) mass is 405 g/mol. The maximum absolute atomic E-state index is 12.3. The second kappa shape index (κ2) is 9.56. The number of hydrogen-bond acceptors (Lipinski definition) is 3. The molecule has 1 heterocycles. The van der Waals surface area contributed by atoms with E-state index in [4.69, 9.17) is 23.2 Å². The van der Waals surface area contributed by atoms with Gasteiger partial charge in [0, 0.05) is 42.8 Å². The molecule has 1 saturated heterocycles. The Morgan fingerprint density at radius 1 is 1.04 bits per heavy atom. The predicted octanol–water partition coefficient (Wildman–Crippen LogP) is 3.99. The maximum Gasteiger partial charge on any atom is 0.234 e. The molecular weight excluding hydrogens is 381 g/mol. The third-order valence-electron chi connectivity index (χ3n) is 4.92. The second-order valence-electron chi connectivity index (χ2n) is 6.99. The van der Waals surface area contributed by atoms with E-state index in [1.54, 1.807) is 6.07 Å². The van der Waals surface area contributed by atoms with Crippen molar-refractivity contribution in [3.05, 3.63) is 69.7 Å². The topological polar surface area (TPSA) is 35.6 Å². The zero-order valence-corrected chi connectivity index (χ0v) is 17.0. The summed E-state index contributed by atoms with van der Waals surface area (Å²) in [6, 6.07) is 15.7. The van der Waals surface area contributed by atoms with Crippen molar-refractivity contribution < 1.29 is 4.79 Å². The van der Waals surface area contributed by atoms with Gasteiger partial charge in [0.2, 0.25) is 5.91 Å². The molecule has 1 N–H and O–H groups in total. The number of amides is 1. The molecule has 1 fully saturated rings. The van der Waals surface area contributed by atoms with Gasteiger partial charge in [0.25, 0.3) is 0 Å². The van der Waals surface area contributed by atoms with E-state index in [2.05, 4.69) is 15.1 Å². The van der Waals surface area contributed by atoms with Gasteiger partial charge in [0.1, 0.15) is 0 Å². The summed E-state index contributed by atoms with van der Waals surface area (Å²) >= 11 is 12.2. The number of nitrogens with zero attached hydrogens (tertiary/aromatic N) is 2. The summed E-state index contributed by atoms with van der Waals surface area (Å²) in [5, 5.41) is 4.45. The Kier molecular flexibility index (Phi) is 7.13. The first-order valence-corrected chi connectivity index (χ1v) is 10.00. The van der Waals surface area contributed by atoms with Crippen LogP contribution in [0.1, 0.15) is 24.1 Å². The minimum Gasteiger partial charge on any atom is -0.348 e. The molecule has 3 rings (SSSR count). The summed E-state index contributed by atoms with van der Waals surface area (Å²) in [5.41, 5.74) is 2.21. The van der Waals surface area contributed by atoms with E-state index in [1.807, 2.05) is 49.4 Å². The molecule has 6 heteroatoms. The third kappa shape index (κ3) is 5.94. The summed E-state index contributed by atoms with van der Waals surface area (Å²) < 4.78 is 0. The Labute approximate surface area is 171 Å². The van der Waals surface area contributed by atoms with Gasteiger partial charge < -0.3 is 5.32 Å². The number of benzene rings is 2. The predicted molar refractivity (Wildman–Crippen MR) is 111 cm³/mol. The molecule has 2 aromatic rings. The number of carbonyl (C=O) groups is 1. The lowest BCUT2D eigenvalue weighted by Crippen LogP contribution is -2.49. The molecule has 2 aromatic carbocycles. The molecule has 0 radical (unpaired) electrons. The molecule has 0 unspecified atom stereocenters. The molecule has 1 aliphatic heterocycles. The van der Waals surface area contributed by atoms with E-state index in [0.717, 1.165) is 43.9 Å². The van der Waals surface area contributed by atoms with Gasteiger partial charge in [0.05, 0.1) is 12.6 Å². The molecule has 1 amide bonds. The molecule has 4 nitrogen and oxygen atoms in total. The average molecular weight is 406 g/mol. The van der Waals surface area contributed by atoms with Crippen LogP contribution in [0.3, 0.4) is 0 Å². The van der Waals surface area contributed by atoms with Crippen molar-refractivity contribution in [2.75, 3.05) is 32.7 Å². The van der Waals surface area contributed by atoms with Crippen molar-refractivity contribution in [2.24, 2.45) is 0 Å². The summed E-state index contributed by atoms with van der Waals surface area (Å²) in [7, 11) is 0. The van der Waals surface area contributed by atoms with Crippen LogP contribution in [0.5, 0.6) is 0 Å². The molecule has 1 atom stereocenters. The van der Waals surface area contributed by atoms with Gasteiger partial charge in [-0.2, -0.15) is 0 Å². The first-order chi connectivity index (χ1) is 13.0. The smallest absolute Gasteiger partial charge is 0.234 e. The van der Waals surface area contributed by atoms with Gasteiger partial charge in [0.15, 0.2) is 0 Å². The van der Waals surface area contributed by atoms with Gasteiger partial charge in [-0.05, 0) is 30.2 Å². The van der Waals surface area contributed by atoms with E-state index in [0.29, 0.717) is 16.6 Å². The summed E-state index contributed by atoms with van der Waals surface area (Å²) in [4.78, 5) is 16.9. The third-order valence-corrected chi connectivity index (χ3v) is 5.51. The first-order valence-electron chi connectivity index (χ1n) is 9.24. The Balaban J connectivity index is 1.43. The van der Waals surface area contributed by atoms with E-state index in [-0.39, 0.29) is 11.9 Å². The quantitative estimate of drug-likeness (QED) is 0.788. The standard InChI is InChI=1S/C21H25Cl2N3O/c1-16(17-5-3-2-4-6-17)24-21(27)15-26-11-9-25(10-12-26)14-18-7-8-19(22)13-20(18)23/h2-8,13,16H,9-12,14-15H2,1H3,(H,24,27)/t16-/m0/s1. The van der Waals surface area contributed by atoms with E-state index in [1.165, 1.54) is 0 Å². The van der Waals surface area contributed by atoms with Gasteiger partial charge in [-0.15, -0.1) is 0 Å². The maximum atomic E-state index is 12.3. The van der Waals surface area contributed by atoms with Gasteiger partial charge in [-0.25, -0.2) is 0 Å². The first kappa shape index (κ1) is 20.2. The molecule has 1 aliphatic rings. The van der Waals surface area contributed by atoms with Crippen molar-refractivity contribution in [1.29, 1.82) is 0 Å². The van der Waals surface area contributed by atoms with Crippen LogP contribution in [0, 0.1) is 0 Å². The van der Waals surface area contributed by atoms with Crippen molar-refractivity contribution in [1.82, 2.24) is 15.1 Å². The number of nitrogens with one attached hydrogen (secondary N) is 1. The molecule has 27 heavy (non-hydrogen) atoms. The van der Waals surface area contributed by atoms with Crippen molar-refractivity contribution in [3.63, 3.8) is 0 Å². The number of rotatable bonds is 6. The molecule has 0 spiro atoms. The Morgan fingerprint density at radius 2 is 1.70 bits per heavy atom. The lowest BCUT2D eigenvalue weighted by Gasteiger charge is -2.34. The van der Waals surface area contributed by atoms with Crippen LogP contribution in [0.2, 0.25) is 10.0 Å². The van der Waals surface area contributed by atoms with Crippen LogP contribution in [-0.2, 0) is 11.3 Å². The minimum atomic E-state index is 0.0204. The average Bonchev–Trinajstić information content (AvgIpc) is 2.66. The highest BCUT2D eigenvalue weighted by molar-refractivity contribution is 6.35. The highest BCUT2D eigenvalue weighted by atomic mass is 35.5. The molecule has 144 valence electrons. The zero-order valence-electron chi connectivity index (χ0n) is 15.5.